The van der Waals surface area contributed by atoms with E-state index in [0.29, 0.717) is 6.42 Å². The van der Waals surface area contributed by atoms with Gasteiger partial charge in [0.2, 0.25) is 5.91 Å². The second-order valence-electron chi connectivity index (χ2n) is 6.05. The van der Waals surface area contributed by atoms with E-state index in [2.05, 4.69) is 10.6 Å². The first kappa shape index (κ1) is 13.9. The minimum atomic E-state index is -0.184. The Bertz CT molecular complexity index is 578. The van der Waals surface area contributed by atoms with Crippen molar-refractivity contribution in [3.63, 3.8) is 0 Å². The number of carbonyl (C=O) groups is 2. The maximum atomic E-state index is 12.0. The molecule has 0 aliphatic carbocycles. The van der Waals surface area contributed by atoms with Crippen molar-refractivity contribution in [2.45, 2.75) is 45.6 Å². The van der Waals surface area contributed by atoms with Gasteiger partial charge in [0.15, 0.2) is 0 Å². The molecule has 0 fully saturated rings. The van der Waals surface area contributed by atoms with Gasteiger partial charge in [0, 0.05) is 24.7 Å². The van der Waals surface area contributed by atoms with Crippen molar-refractivity contribution in [1.29, 1.82) is 0 Å². The molecule has 0 radical (unpaired) electrons. The van der Waals surface area contributed by atoms with Crippen molar-refractivity contribution in [3.05, 3.63) is 23.3 Å². The largest absolute Gasteiger partial charge is 0.336 e. The van der Waals surface area contributed by atoms with Crippen LogP contribution in [0.5, 0.6) is 0 Å². The summed E-state index contributed by atoms with van der Waals surface area (Å²) in [6.45, 7) is 4.68. The zero-order valence-electron chi connectivity index (χ0n) is 12.5. The van der Waals surface area contributed by atoms with Crippen LogP contribution in [0.25, 0.3) is 0 Å². The molecule has 5 nitrogen and oxygen atoms in total. The van der Waals surface area contributed by atoms with Gasteiger partial charge in [-0.2, -0.15) is 0 Å². The van der Waals surface area contributed by atoms with Crippen LogP contribution in [0.2, 0.25) is 0 Å². The Morgan fingerprint density at radius 3 is 2.62 bits per heavy atom. The predicted octanol–water partition coefficient (Wildman–Crippen LogP) is 2.44. The molecule has 1 aromatic carbocycles. The summed E-state index contributed by atoms with van der Waals surface area (Å²) in [6, 6.07) is 3.93. The van der Waals surface area contributed by atoms with E-state index in [1.54, 1.807) is 0 Å². The zero-order valence-corrected chi connectivity index (χ0v) is 12.5. The summed E-state index contributed by atoms with van der Waals surface area (Å²) in [4.78, 5) is 25.8. The highest BCUT2D eigenvalue weighted by Gasteiger charge is 2.29. The molecule has 2 heterocycles. The monoisotopic (exact) mass is 287 g/mol. The lowest BCUT2D eigenvalue weighted by Gasteiger charge is -2.35. The van der Waals surface area contributed by atoms with Crippen molar-refractivity contribution < 1.29 is 9.59 Å². The standard InChI is InChI=1S/C16H21N3O2/c1-10(2)17-16(21)18-13-8-11-4-3-7-19-14(20)6-5-12(9-13)15(11)19/h8-10H,3-7H2,1-2H3,(H2,17,18,21). The Morgan fingerprint density at radius 2 is 1.90 bits per heavy atom. The molecule has 3 rings (SSSR count). The van der Waals surface area contributed by atoms with Crippen LogP contribution in [0.1, 0.15) is 37.8 Å². The Balaban J connectivity index is 1.89. The van der Waals surface area contributed by atoms with E-state index in [-0.39, 0.29) is 18.0 Å². The summed E-state index contributed by atoms with van der Waals surface area (Å²) >= 11 is 0. The minimum Gasteiger partial charge on any atom is -0.336 e. The molecule has 3 amide bonds. The third-order valence-electron chi connectivity index (χ3n) is 3.95. The number of hydrogen-bond donors (Lipinski definition) is 2. The van der Waals surface area contributed by atoms with Crippen LogP contribution in [-0.4, -0.2) is 24.5 Å². The number of carbonyl (C=O) groups excluding carboxylic acids is 2. The third-order valence-corrected chi connectivity index (χ3v) is 3.95. The molecule has 112 valence electrons. The molecule has 2 aliphatic rings. The molecule has 0 bridgehead atoms. The number of urea groups is 1. The Hall–Kier alpha value is -2.04. The van der Waals surface area contributed by atoms with E-state index in [1.807, 2.05) is 30.9 Å². The quantitative estimate of drug-likeness (QED) is 0.877. The van der Waals surface area contributed by atoms with Gasteiger partial charge in [-0.3, -0.25) is 4.79 Å². The minimum absolute atomic E-state index is 0.106. The zero-order chi connectivity index (χ0) is 15.0. The third kappa shape index (κ3) is 2.73. The lowest BCUT2D eigenvalue weighted by Crippen LogP contribution is -2.39. The van der Waals surface area contributed by atoms with Crippen molar-refractivity contribution >= 4 is 23.3 Å². The molecular formula is C16H21N3O2. The molecule has 5 heteroatoms. The number of nitrogens with zero attached hydrogens (tertiary/aromatic N) is 1. The van der Waals surface area contributed by atoms with Crippen molar-refractivity contribution in [2.24, 2.45) is 0 Å². The van der Waals surface area contributed by atoms with E-state index >= 15 is 0 Å². The lowest BCUT2D eigenvalue weighted by molar-refractivity contribution is -0.119. The Morgan fingerprint density at radius 1 is 1.19 bits per heavy atom. The number of benzene rings is 1. The topological polar surface area (TPSA) is 61.4 Å². The van der Waals surface area contributed by atoms with E-state index in [4.69, 9.17) is 0 Å². The number of aryl methyl sites for hydroxylation is 2. The Kier molecular flexibility index (Phi) is 3.57. The first-order valence-electron chi connectivity index (χ1n) is 7.58. The van der Waals surface area contributed by atoms with E-state index in [1.165, 1.54) is 11.1 Å². The SMILES string of the molecule is CC(C)NC(=O)Nc1cc2c3c(c1)CCC(=O)N3CCC2. The average molecular weight is 287 g/mol. The summed E-state index contributed by atoms with van der Waals surface area (Å²) in [6.07, 6.45) is 3.28. The van der Waals surface area contributed by atoms with Gasteiger partial charge < -0.3 is 15.5 Å². The molecule has 0 saturated carbocycles. The predicted molar refractivity (Wildman–Crippen MR) is 82.7 cm³/mol. The van der Waals surface area contributed by atoms with Crippen molar-refractivity contribution in [2.75, 3.05) is 16.8 Å². The molecule has 1 aromatic rings. The maximum Gasteiger partial charge on any atom is 0.319 e. The molecule has 0 atom stereocenters. The highest BCUT2D eigenvalue weighted by molar-refractivity contribution is 5.99. The van der Waals surface area contributed by atoms with Crippen LogP contribution in [0.4, 0.5) is 16.2 Å². The summed E-state index contributed by atoms with van der Waals surface area (Å²) < 4.78 is 0. The number of nitrogens with one attached hydrogen (secondary N) is 2. The smallest absolute Gasteiger partial charge is 0.319 e. The maximum absolute atomic E-state index is 12.0. The van der Waals surface area contributed by atoms with Gasteiger partial charge in [-0.05, 0) is 56.4 Å². The molecular weight excluding hydrogens is 266 g/mol. The fraction of sp³-hybridized carbons (Fsp3) is 0.500. The van der Waals surface area contributed by atoms with Crippen LogP contribution in [0.15, 0.2) is 12.1 Å². The second-order valence-corrected chi connectivity index (χ2v) is 6.05. The number of amides is 3. The van der Waals surface area contributed by atoms with Gasteiger partial charge in [-0.1, -0.05) is 0 Å². The fourth-order valence-electron chi connectivity index (χ4n) is 3.15. The van der Waals surface area contributed by atoms with Gasteiger partial charge >= 0.3 is 6.03 Å². The number of rotatable bonds is 2. The van der Waals surface area contributed by atoms with Crippen molar-refractivity contribution in [3.8, 4) is 0 Å². The first-order chi connectivity index (χ1) is 10.0. The molecule has 0 unspecified atom stereocenters. The highest BCUT2D eigenvalue weighted by atomic mass is 16.2. The highest BCUT2D eigenvalue weighted by Crippen LogP contribution is 2.37. The molecule has 2 N–H and O–H groups in total. The van der Waals surface area contributed by atoms with Crippen LogP contribution in [0, 0.1) is 0 Å². The molecule has 0 saturated heterocycles. The average Bonchev–Trinajstić information content (AvgIpc) is 2.41. The van der Waals surface area contributed by atoms with Gasteiger partial charge in [0.05, 0.1) is 5.69 Å². The molecule has 0 spiro atoms. The van der Waals surface area contributed by atoms with Crippen LogP contribution in [-0.2, 0) is 17.6 Å². The number of anilines is 2. The summed E-state index contributed by atoms with van der Waals surface area (Å²) in [5.74, 6) is 0.224. The van der Waals surface area contributed by atoms with Gasteiger partial charge in [-0.15, -0.1) is 0 Å². The van der Waals surface area contributed by atoms with Crippen LogP contribution < -0.4 is 15.5 Å². The summed E-state index contributed by atoms with van der Waals surface area (Å²) in [5, 5.41) is 5.72. The van der Waals surface area contributed by atoms with E-state index in [0.717, 1.165) is 37.2 Å². The molecule has 21 heavy (non-hydrogen) atoms. The van der Waals surface area contributed by atoms with Gasteiger partial charge in [0.25, 0.3) is 0 Å². The van der Waals surface area contributed by atoms with Crippen LogP contribution >= 0.6 is 0 Å². The summed E-state index contributed by atoms with van der Waals surface area (Å²) in [5.41, 5.74) is 4.25. The van der Waals surface area contributed by atoms with Crippen LogP contribution in [0.3, 0.4) is 0 Å². The normalized spacial score (nSPS) is 16.7. The fourth-order valence-corrected chi connectivity index (χ4v) is 3.15. The molecule has 2 aliphatic heterocycles. The Labute approximate surface area is 124 Å². The first-order valence-corrected chi connectivity index (χ1v) is 7.58. The van der Waals surface area contributed by atoms with Crippen molar-refractivity contribution in [1.82, 2.24) is 5.32 Å². The van der Waals surface area contributed by atoms with Gasteiger partial charge in [-0.25, -0.2) is 4.79 Å². The van der Waals surface area contributed by atoms with E-state index in [9.17, 15) is 9.59 Å². The van der Waals surface area contributed by atoms with E-state index < -0.39 is 0 Å². The number of hydrogen-bond acceptors (Lipinski definition) is 2. The molecule has 0 aromatic heterocycles. The van der Waals surface area contributed by atoms with Gasteiger partial charge in [0.1, 0.15) is 0 Å². The summed E-state index contributed by atoms with van der Waals surface area (Å²) in [7, 11) is 0. The second kappa shape index (κ2) is 5.39. The lowest BCUT2D eigenvalue weighted by atomic mass is 9.91.